The summed E-state index contributed by atoms with van der Waals surface area (Å²) in [5.74, 6) is 0.720. The highest BCUT2D eigenvalue weighted by Gasteiger charge is 2.31. The fourth-order valence-corrected chi connectivity index (χ4v) is 3.63. The molecule has 1 aliphatic rings. The van der Waals surface area contributed by atoms with Gasteiger partial charge in [-0.2, -0.15) is 0 Å². The molecule has 0 radical (unpaired) electrons. The van der Waals surface area contributed by atoms with Gasteiger partial charge in [-0.1, -0.05) is 24.3 Å². The van der Waals surface area contributed by atoms with Crippen LogP contribution >= 0.6 is 0 Å². The number of nitrogens with zero attached hydrogens (tertiary/aromatic N) is 2. The number of benzene rings is 2. The molecule has 0 aromatic heterocycles. The number of ether oxygens (including phenoxy) is 2. The second-order valence-corrected chi connectivity index (χ2v) is 7.55. The van der Waals surface area contributed by atoms with Crippen LogP contribution in [0.2, 0.25) is 0 Å². The zero-order valence-corrected chi connectivity index (χ0v) is 17.5. The van der Waals surface area contributed by atoms with Gasteiger partial charge in [0.05, 0.1) is 7.11 Å². The number of carbonyl (C=O) groups excluding carboxylic acids is 1. The molecule has 1 fully saturated rings. The van der Waals surface area contributed by atoms with Crippen molar-refractivity contribution in [2.45, 2.75) is 32.2 Å². The van der Waals surface area contributed by atoms with Gasteiger partial charge in [0.15, 0.2) is 0 Å². The molecule has 1 amide bonds. The van der Waals surface area contributed by atoms with Gasteiger partial charge in [-0.05, 0) is 48.2 Å². The van der Waals surface area contributed by atoms with Crippen LogP contribution in [-0.4, -0.2) is 55.4 Å². The number of carbonyl (C=O) groups is 1. The molecule has 0 aliphatic carbocycles. The van der Waals surface area contributed by atoms with Gasteiger partial charge >= 0.3 is 6.36 Å². The Balaban J connectivity index is 1.45. The Bertz CT molecular complexity index is 839. The lowest BCUT2D eigenvalue weighted by atomic mass is 10.1. The van der Waals surface area contributed by atoms with Crippen molar-refractivity contribution in [3.8, 4) is 11.5 Å². The van der Waals surface area contributed by atoms with Crippen LogP contribution < -0.4 is 9.47 Å². The molecule has 31 heavy (non-hydrogen) atoms. The first-order chi connectivity index (χ1) is 14.8. The minimum absolute atomic E-state index is 0.145. The molecule has 5 nitrogen and oxygen atoms in total. The fourth-order valence-electron chi connectivity index (χ4n) is 3.63. The zero-order valence-electron chi connectivity index (χ0n) is 17.5. The first kappa shape index (κ1) is 22.9. The van der Waals surface area contributed by atoms with Gasteiger partial charge in [0.25, 0.3) is 0 Å². The van der Waals surface area contributed by atoms with E-state index in [0.717, 1.165) is 42.9 Å². The van der Waals surface area contributed by atoms with Crippen molar-refractivity contribution in [2.75, 3.05) is 33.3 Å². The van der Waals surface area contributed by atoms with Crippen LogP contribution in [0.5, 0.6) is 11.5 Å². The van der Waals surface area contributed by atoms with Crippen LogP contribution in [0.1, 0.15) is 24.0 Å². The van der Waals surface area contributed by atoms with Crippen molar-refractivity contribution in [1.29, 1.82) is 0 Å². The van der Waals surface area contributed by atoms with Crippen molar-refractivity contribution < 1.29 is 27.4 Å². The molecule has 0 N–H and O–H groups in total. The highest BCUT2D eigenvalue weighted by Crippen LogP contribution is 2.23. The van der Waals surface area contributed by atoms with Crippen molar-refractivity contribution in [3.05, 3.63) is 59.7 Å². The van der Waals surface area contributed by atoms with Gasteiger partial charge in [-0.15, -0.1) is 13.2 Å². The van der Waals surface area contributed by atoms with E-state index in [4.69, 9.17) is 4.74 Å². The molecule has 0 saturated carbocycles. The summed E-state index contributed by atoms with van der Waals surface area (Å²) in [6.45, 7) is 3.56. The molecule has 8 heteroatoms. The maximum atomic E-state index is 12.6. The molecular formula is C23H27F3N2O3. The Morgan fingerprint density at radius 3 is 2.19 bits per heavy atom. The minimum atomic E-state index is -4.68. The first-order valence-electron chi connectivity index (χ1n) is 10.3. The SMILES string of the molecule is COc1ccc(CCC(=O)N2CCCN(Cc3ccc(OC(F)(F)F)cc3)CC2)cc1. The number of hydrogen-bond donors (Lipinski definition) is 0. The van der Waals surface area contributed by atoms with Crippen LogP contribution in [0.25, 0.3) is 0 Å². The number of hydrogen-bond acceptors (Lipinski definition) is 4. The fraction of sp³-hybridized carbons (Fsp3) is 0.435. The normalized spacial score (nSPS) is 15.4. The Hall–Kier alpha value is -2.74. The summed E-state index contributed by atoms with van der Waals surface area (Å²) in [5, 5.41) is 0. The first-order valence-corrected chi connectivity index (χ1v) is 10.3. The van der Waals surface area contributed by atoms with E-state index in [1.165, 1.54) is 12.1 Å². The Morgan fingerprint density at radius 1 is 0.903 bits per heavy atom. The second kappa shape index (κ2) is 10.5. The summed E-state index contributed by atoms with van der Waals surface area (Å²) in [4.78, 5) is 16.8. The molecule has 3 rings (SSSR count). The number of aryl methyl sites for hydroxylation is 1. The van der Waals surface area contributed by atoms with E-state index in [2.05, 4.69) is 9.64 Å². The predicted molar refractivity (Wildman–Crippen MR) is 111 cm³/mol. The van der Waals surface area contributed by atoms with Gasteiger partial charge in [0.1, 0.15) is 11.5 Å². The van der Waals surface area contributed by atoms with Crippen LogP contribution in [-0.2, 0) is 17.8 Å². The monoisotopic (exact) mass is 436 g/mol. The van der Waals surface area contributed by atoms with Crippen molar-refractivity contribution >= 4 is 5.91 Å². The number of halogens is 3. The number of amides is 1. The van der Waals surface area contributed by atoms with Gasteiger partial charge in [-0.3, -0.25) is 9.69 Å². The van der Waals surface area contributed by atoms with Crippen molar-refractivity contribution in [2.24, 2.45) is 0 Å². The average Bonchev–Trinajstić information content (AvgIpc) is 2.98. The largest absolute Gasteiger partial charge is 0.573 e. The van der Waals surface area contributed by atoms with E-state index in [0.29, 0.717) is 25.9 Å². The Kier molecular flexibility index (Phi) is 7.79. The molecule has 1 heterocycles. The van der Waals surface area contributed by atoms with Gasteiger partial charge < -0.3 is 14.4 Å². The quantitative estimate of drug-likeness (QED) is 0.651. The van der Waals surface area contributed by atoms with Crippen molar-refractivity contribution in [1.82, 2.24) is 9.80 Å². The van der Waals surface area contributed by atoms with Crippen LogP contribution in [0.3, 0.4) is 0 Å². The molecule has 2 aromatic rings. The zero-order chi connectivity index (χ0) is 22.3. The lowest BCUT2D eigenvalue weighted by Crippen LogP contribution is -2.35. The van der Waals surface area contributed by atoms with Crippen LogP contribution in [0, 0.1) is 0 Å². The van der Waals surface area contributed by atoms with E-state index in [9.17, 15) is 18.0 Å². The molecule has 168 valence electrons. The third kappa shape index (κ3) is 7.47. The number of alkyl halides is 3. The summed E-state index contributed by atoms with van der Waals surface area (Å²) in [6, 6.07) is 13.7. The molecule has 2 aromatic carbocycles. The molecule has 0 unspecified atom stereocenters. The maximum absolute atomic E-state index is 12.6. The highest BCUT2D eigenvalue weighted by molar-refractivity contribution is 5.76. The van der Waals surface area contributed by atoms with Gasteiger partial charge in [0, 0.05) is 39.1 Å². The summed E-state index contributed by atoms with van der Waals surface area (Å²) in [5.41, 5.74) is 2.01. The van der Waals surface area contributed by atoms with E-state index in [-0.39, 0.29) is 11.7 Å². The number of rotatable bonds is 7. The lowest BCUT2D eigenvalue weighted by molar-refractivity contribution is -0.274. The van der Waals surface area contributed by atoms with E-state index in [1.807, 2.05) is 29.2 Å². The van der Waals surface area contributed by atoms with E-state index < -0.39 is 6.36 Å². The molecule has 1 aliphatic heterocycles. The number of methoxy groups -OCH3 is 1. The molecule has 0 bridgehead atoms. The lowest BCUT2D eigenvalue weighted by Gasteiger charge is -2.22. The summed E-state index contributed by atoms with van der Waals surface area (Å²) in [7, 11) is 1.62. The third-order valence-corrected chi connectivity index (χ3v) is 5.29. The molecule has 1 saturated heterocycles. The molecule has 0 spiro atoms. The highest BCUT2D eigenvalue weighted by atomic mass is 19.4. The molecule has 0 atom stereocenters. The maximum Gasteiger partial charge on any atom is 0.573 e. The summed E-state index contributed by atoms with van der Waals surface area (Å²) >= 11 is 0. The smallest absolute Gasteiger partial charge is 0.497 e. The van der Waals surface area contributed by atoms with Crippen molar-refractivity contribution in [3.63, 3.8) is 0 Å². The predicted octanol–water partition coefficient (Wildman–Crippen LogP) is 4.26. The van der Waals surface area contributed by atoms with Crippen LogP contribution in [0.15, 0.2) is 48.5 Å². The van der Waals surface area contributed by atoms with E-state index in [1.54, 1.807) is 19.2 Å². The Morgan fingerprint density at radius 2 is 1.55 bits per heavy atom. The standard InChI is InChI=1S/C23H27F3N2O3/c1-30-20-8-3-18(4-9-20)7-12-22(29)28-14-2-13-27(15-16-28)17-19-5-10-21(11-6-19)31-23(24,25)26/h3-6,8-11H,2,7,12-17H2,1H3. The Labute approximate surface area is 180 Å². The summed E-state index contributed by atoms with van der Waals surface area (Å²) < 4.78 is 45.9. The average molecular weight is 436 g/mol. The summed E-state index contributed by atoms with van der Waals surface area (Å²) in [6.07, 6.45) is -2.67. The second-order valence-electron chi connectivity index (χ2n) is 7.55. The minimum Gasteiger partial charge on any atom is -0.497 e. The third-order valence-electron chi connectivity index (χ3n) is 5.29. The van der Waals surface area contributed by atoms with Gasteiger partial charge in [0.2, 0.25) is 5.91 Å². The van der Waals surface area contributed by atoms with Gasteiger partial charge in [-0.25, -0.2) is 0 Å². The van der Waals surface area contributed by atoms with E-state index >= 15 is 0 Å². The van der Waals surface area contributed by atoms with Crippen LogP contribution in [0.4, 0.5) is 13.2 Å². The topological polar surface area (TPSA) is 42.0 Å². The molecular weight excluding hydrogens is 409 g/mol.